The quantitative estimate of drug-likeness (QED) is 0.212. The van der Waals surface area contributed by atoms with Crippen LogP contribution in [-0.4, -0.2) is 48.7 Å². The van der Waals surface area contributed by atoms with E-state index in [0.717, 1.165) is 6.07 Å². The fourth-order valence-electron chi connectivity index (χ4n) is 2.13. The van der Waals surface area contributed by atoms with Crippen molar-refractivity contribution in [3.63, 3.8) is 0 Å². The first-order valence-electron chi connectivity index (χ1n) is 8.01. The molecule has 1 aromatic heterocycles. The van der Waals surface area contributed by atoms with Gasteiger partial charge in [-0.3, -0.25) is 14.9 Å². The molecule has 0 aliphatic carbocycles. The summed E-state index contributed by atoms with van der Waals surface area (Å²) >= 11 is 5.82. The van der Waals surface area contributed by atoms with Crippen molar-refractivity contribution in [2.45, 2.75) is 0 Å². The fourth-order valence-corrected chi connectivity index (χ4v) is 2.29. The Morgan fingerprint density at radius 2 is 2.07 bits per heavy atom. The number of halogens is 1. The third-order valence-electron chi connectivity index (χ3n) is 3.42. The fraction of sp³-hybridized carbons (Fsp3) is 0.235. The molecule has 0 aliphatic heterocycles. The van der Waals surface area contributed by atoms with E-state index in [-0.39, 0.29) is 27.8 Å². The number of aromatic nitrogens is 1. The number of rotatable bonds is 9. The van der Waals surface area contributed by atoms with Crippen LogP contribution in [0.3, 0.4) is 0 Å². The van der Waals surface area contributed by atoms with Gasteiger partial charge in [0.25, 0.3) is 11.6 Å². The van der Waals surface area contributed by atoms with Crippen LogP contribution in [-0.2, 0) is 14.3 Å². The van der Waals surface area contributed by atoms with Gasteiger partial charge in [0.1, 0.15) is 5.69 Å². The van der Waals surface area contributed by atoms with Crippen LogP contribution in [0.25, 0.3) is 0 Å². The van der Waals surface area contributed by atoms with E-state index in [9.17, 15) is 19.7 Å². The summed E-state index contributed by atoms with van der Waals surface area (Å²) in [7, 11) is 1.51. The Hall–Kier alpha value is -3.24. The number of methoxy groups -OCH3 is 1. The summed E-state index contributed by atoms with van der Waals surface area (Å²) in [6.45, 7) is 0.126. The van der Waals surface area contributed by atoms with Crippen molar-refractivity contribution in [1.82, 2.24) is 4.98 Å². The Kier molecular flexibility index (Phi) is 7.66. The molecule has 0 atom stereocenters. The maximum Gasteiger partial charge on any atom is 0.338 e. The molecule has 2 aromatic rings. The molecule has 0 saturated carbocycles. The van der Waals surface area contributed by atoms with Gasteiger partial charge in [-0.1, -0.05) is 11.6 Å². The summed E-state index contributed by atoms with van der Waals surface area (Å²) < 4.78 is 9.77. The molecule has 0 aliphatic rings. The lowest BCUT2D eigenvalue weighted by Gasteiger charge is -2.09. The Morgan fingerprint density at radius 1 is 1.29 bits per heavy atom. The number of nitro groups is 1. The molecule has 2 rings (SSSR count). The highest BCUT2D eigenvalue weighted by Gasteiger charge is 2.19. The van der Waals surface area contributed by atoms with Gasteiger partial charge in [-0.25, -0.2) is 9.78 Å². The Morgan fingerprint density at radius 3 is 2.75 bits per heavy atom. The highest BCUT2D eigenvalue weighted by molar-refractivity contribution is 6.32. The van der Waals surface area contributed by atoms with Gasteiger partial charge in [-0.05, 0) is 24.3 Å². The molecule has 11 heteroatoms. The zero-order valence-corrected chi connectivity index (χ0v) is 15.6. The van der Waals surface area contributed by atoms with Crippen molar-refractivity contribution in [1.29, 1.82) is 0 Å². The topological polar surface area (TPSA) is 133 Å². The summed E-state index contributed by atoms with van der Waals surface area (Å²) in [5, 5.41) is 16.6. The molecule has 2 N–H and O–H groups in total. The van der Waals surface area contributed by atoms with Crippen molar-refractivity contribution in [3.8, 4) is 0 Å². The highest BCUT2D eigenvalue weighted by atomic mass is 35.5. The van der Waals surface area contributed by atoms with E-state index in [0.29, 0.717) is 13.2 Å². The molecular weight excluding hydrogens is 392 g/mol. The highest BCUT2D eigenvalue weighted by Crippen LogP contribution is 2.26. The number of hydrogen-bond acceptors (Lipinski definition) is 8. The number of hydrogen-bond donors (Lipinski definition) is 2. The maximum absolute atomic E-state index is 12.1. The SMILES string of the molecule is COCCNc1ccc(C(=O)OCC(=O)Nc2cccnc2Cl)cc1[N+](=O)[O-]. The number of nitro benzene ring substituents is 1. The summed E-state index contributed by atoms with van der Waals surface area (Å²) in [5.74, 6) is -1.51. The van der Waals surface area contributed by atoms with E-state index in [4.69, 9.17) is 21.1 Å². The largest absolute Gasteiger partial charge is 0.452 e. The summed E-state index contributed by atoms with van der Waals surface area (Å²) in [6.07, 6.45) is 1.46. The molecule has 0 saturated heterocycles. The number of amides is 1. The maximum atomic E-state index is 12.1. The molecule has 0 spiro atoms. The number of nitrogens with zero attached hydrogens (tertiary/aromatic N) is 2. The minimum Gasteiger partial charge on any atom is -0.452 e. The smallest absolute Gasteiger partial charge is 0.338 e. The number of carbonyl (C=O) groups is 2. The van der Waals surface area contributed by atoms with E-state index in [2.05, 4.69) is 15.6 Å². The van der Waals surface area contributed by atoms with Crippen molar-refractivity contribution >= 4 is 40.5 Å². The van der Waals surface area contributed by atoms with Crippen LogP contribution in [0.5, 0.6) is 0 Å². The summed E-state index contributed by atoms with van der Waals surface area (Å²) in [6, 6.07) is 6.94. The Labute approximate surface area is 165 Å². The molecule has 0 radical (unpaired) electrons. The number of pyridine rings is 1. The lowest BCUT2D eigenvalue weighted by molar-refractivity contribution is -0.384. The predicted octanol–water partition coefficient (Wildman–Crippen LogP) is 2.50. The minimum absolute atomic E-state index is 0.0591. The molecule has 148 valence electrons. The van der Waals surface area contributed by atoms with Crippen LogP contribution in [0.2, 0.25) is 5.15 Å². The van der Waals surface area contributed by atoms with Crippen LogP contribution in [0.1, 0.15) is 10.4 Å². The summed E-state index contributed by atoms with van der Waals surface area (Å²) in [5.41, 5.74) is 0.156. The van der Waals surface area contributed by atoms with E-state index >= 15 is 0 Å². The van der Waals surface area contributed by atoms with Crippen LogP contribution in [0, 0.1) is 10.1 Å². The zero-order chi connectivity index (χ0) is 20.5. The summed E-state index contributed by atoms with van der Waals surface area (Å²) in [4.78, 5) is 38.4. The Bertz CT molecular complexity index is 876. The molecule has 10 nitrogen and oxygen atoms in total. The van der Waals surface area contributed by atoms with Crippen LogP contribution in [0.15, 0.2) is 36.5 Å². The number of carbonyl (C=O) groups excluding carboxylic acids is 2. The number of benzene rings is 1. The zero-order valence-electron chi connectivity index (χ0n) is 14.8. The number of ether oxygens (including phenoxy) is 2. The van der Waals surface area contributed by atoms with E-state index in [1.165, 1.54) is 31.5 Å². The van der Waals surface area contributed by atoms with Crippen molar-refractivity contribution in [2.75, 3.05) is 37.5 Å². The van der Waals surface area contributed by atoms with Crippen molar-refractivity contribution in [3.05, 3.63) is 57.4 Å². The van der Waals surface area contributed by atoms with Gasteiger partial charge in [0.15, 0.2) is 11.8 Å². The normalized spacial score (nSPS) is 10.2. The number of nitrogens with one attached hydrogen (secondary N) is 2. The average Bonchev–Trinajstić information content (AvgIpc) is 2.68. The first-order chi connectivity index (χ1) is 13.4. The molecule has 0 fully saturated rings. The number of esters is 1. The minimum atomic E-state index is -0.876. The monoisotopic (exact) mass is 408 g/mol. The van der Waals surface area contributed by atoms with Gasteiger partial charge in [0.05, 0.1) is 22.8 Å². The standard InChI is InChI=1S/C17H17ClN4O6/c1-27-8-7-19-12-5-4-11(9-14(12)22(25)26)17(24)28-10-15(23)21-13-3-2-6-20-16(13)18/h2-6,9,19H,7-8,10H2,1H3,(H,21,23). The molecular formula is C17H17ClN4O6. The third kappa shape index (κ3) is 5.89. The molecule has 0 unspecified atom stereocenters. The molecule has 28 heavy (non-hydrogen) atoms. The predicted molar refractivity (Wildman–Crippen MR) is 102 cm³/mol. The second-order valence-corrected chi connectivity index (χ2v) is 5.73. The number of anilines is 2. The van der Waals surface area contributed by atoms with Crippen molar-refractivity contribution < 1.29 is 24.0 Å². The first kappa shape index (κ1) is 21.1. The average molecular weight is 409 g/mol. The second-order valence-electron chi connectivity index (χ2n) is 5.37. The lowest BCUT2D eigenvalue weighted by atomic mass is 10.1. The van der Waals surface area contributed by atoms with Gasteiger partial charge < -0.3 is 20.1 Å². The van der Waals surface area contributed by atoms with E-state index in [1.54, 1.807) is 6.07 Å². The van der Waals surface area contributed by atoms with Gasteiger partial charge in [0.2, 0.25) is 0 Å². The van der Waals surface area contributed by atoms with Gasteiger partial charge in [-0.2, -0.15) is 0 Å². The first-order valence-corrected chi connectivity index (χ1v) is 8.39. The second kappa shape index (κ2) is 10.2. The Balaban J connectivity index is 1.99. The van der Waals surface area contributed by atoms with Gasteiger partial charge >= 0.3 is 5.97 Å². The van der Waals surface area contributed by atoms with Crippen LogP contribution in [0.4, 0.5) is 17.1 Å². The van der Waals surface area contributed by atoms with Gasteiger partial charge in [-0.15, -0.1) is 0 Å². The van der Waals surface area contributed by atoms with Crippen molar-refractivity contribution in [2.24, 2.45) is 0 Å². The molecule has 1 aromatic carbocycles. The molecule has 0 bridgehead atoms. The van der Waals surface area contributed by atoms with E-state index in [1.807, 2.05) is 0 Å². The molecule has 1 amide bonds. The lowest BCUT2D eigenvalue weighted by Crippen LogP contribution is -2.21. The van der Waals surface area contributed by atoms with E-state index < -0.39 is 23.4 Å². The van der Waals surface area contributed by atoms with Crippen LogP contribution < -0.4 is 10.6 Å². The van der Waals surface area contributed by atoms with Crippen LogP contribution >= 0.6 is 11.6 Å². The van der Waals surface area contributed by atoms with Gasteiger partial charge in [0, 0.05) is 25.9 Å². The third-order valence-corrected chi connectivity index (χ3v) is 3.72. The molecule has 1 heterocycles.